The topological polar surface area (TPSA) is 88.3 Å². The van der Waals surface area contributed by atoms with Gasteiger partial charge in [-0.1, -0.05) is 35.0 Å². The van der Waals surface area contributed by atoms with Crippen molar-refractivity contribution in [3.8, 4) is 11.4 Å². The van der Waals surface area contributed by atoms with E-state index in [1.807, 2.05) is 31.2 Å². The number of carbonyl (C=O) groups excluding carboxylic acids is 2. The number of hydrogen-bond acceptors (Lipinski definition) is 5. The molecular formula is C18H19F3N4O3. The lowest BCUT2D eigenvalue weighted by atomic mass is 9.96. The highest BCUT2D eigenvalue weighted by atomic mass is 19.4. The van der Waals surface area contributed by atoms with E-state index in [4.69, 9.17) is 4.52 Å². The lowest BCUT2D eigenvalue weighted by Crippen LogP contribution is -2.47. The van der Waals surface area contributed by atoms with Gasteiger partial charge in [-0.15, -0.1) is 0 Å². The molecule has 0 aliphatic carbocycles. The first-order valence-corrected chi connectivity index (χ1v) is 8.77. The highest BCUT2D eigenvalue weighted by Crippen LogP contribution is 2.24. The maximum atomic E-state index is 12.4. The normalized spacial score (nSPS) is 15.5. The Morgan fingerprint density at radius 1 is 1.21 bits per heavy atom. The Hall–Kier alpha value is -2.91. The number of piperidine rings is 1. The van der Waals surface area contributed by atoms with Crippen LogP contribution >= 0.6 is 0 Å². The minimum absolute atomic E-state index is 0.0272. The molecule has 150 valence electrons. The maximum absolute atomic E-state index is 12.4. The van der Waals surface area contributed by atoms with E-state index in [9.17, 15) is 22.8 Å². The van der Waals surface area contributed by atoms with E-state index in [-0.39, 0.29) is 44.3 Å². The second-order valence-corrected chi connectivity index (χ2v) is 6.66. The van der Waals surface area contributed by atoms with Crippen molar-refractivity contribution < 1.29 is 27.3 Å². The Morgan fingerprint density at radius 3 is 2.46 bits per heavy atom. The van der Waals surface area contributed by atoms with Crippen LogP contribution < -0.4 is 5.32 Å². The molecular weight excluding hydrogens is 377 g/mol. The Kier molecular flexibility index (Phi) is 5.66. The molecule has 0 unspecified atom stereocenters. The second kappa shape index (κ2) is 7.99. The van der Waals surface area contributed by atoms with Crippen LogP contribution in [0.25, 0.3) is 11.4 Å². The van der Waals surface area contributed by atoms with Crippen LogP contribution in [0, 0.1) is 12.8 Å². The molecule has 2 amide bonds. The first-order chi connectivity index (χ1) is 13.2. The predicted molar refractivity (Wildman–Crippen MR) is 91.7 cm³/mol. The van der Waals surface area contributed by atoms with Crippen LogP contribution in [0.5, 0.6) is 0 Å². The fourth-order valence-corrected chi connectivity index (χ4v) is 2.98. The first kappa shape index (κ1) is 19.8. The summed E-state index contributed by atoms with van der Waals surface area (Å²) in [6.45, 7) is 1.78. The van der Waals surface area contributed by atoms with Crippen molar-refractivity contribution in [1.29, 1.82) is 0 Å². The van der Waals surface area contributed by atoms with E-state index in [1.54, 1.807) is 0 Å². The molecule has 0 radical (unpaired) electrons. The van der Waals surface area contributed by atoms with Gasteiger partial charge in [-0.3, -0.25) is 9.59 Å². The molecule has 10 heteroatoms. The number of carbonyl (C=O) groups is 2. The average molecular weight is 396 g/mol. The minimum atomic E-state index is -4.89. The number of nitrogens with one attached hydrogen (secondary N) is 1. The van der Waals surface area contributed by atoms with Crippen LogP contribution in [0.15, 0.2) is 28.8 Å². The van der Waals surface area contributed by atoms with E-state index in [0.717, 1.165) is 16.0 Å². The first-order valence-electron chi connectivity index (χ1n) is 8.77. The van der Waals surface area contributed by atoms with Gasteiger partial charge in [0.1, 0.15) is 0 Å². The van der Waals surface area contributed by atoms with Crippen molar-refractivity contribution in [2.45, 2.75) is 32.5 Å². The third kappa shape index (κ3) is 4.68. The van der Waals surface area contributed by atoms with Crippen molar-refractivity contribution in [1.82, 2.24) is 20.4 Å². The number of benzene rings is 1. The van der Waals surface area contributed by atoms with Crippen LogP contribution in [-0.4, -0.2) is 46.1 Å². The number of alkyl halides is 3. The fraction of sp³-hybridized carbons (Fsp3) is 0.444. The summed E-state index contributed by atoms with van der Waals surface area (Å²) >= 11 is 0. The summed E-state index contributed by atoms with van der Waals surface area (Å²) in [5.41, 5.74) is 1.89. The molecule has 0 spiro atoms. The smallest absolute Gasteiger partial charge is 0.347 e. The minimum Gasteiger partial charge on any atom is -0.347 e. The van der Waals surface area contributed by atoms with Gasteiger partial charge < -0.3 is 14.7 Å². The van der Waals surface area contributed by atoms with E-state index >= 15 is 0 Å². The van der Waals surface area contributed by atoms with E-state index < -0.39 is 18.0 Å². The molecule has 1 saturated heterocycles. The SMILES string of the molecule is Cc1ccc(-c2noc(CNC(=O)C3CCN(C(=O)C(F)(F)F)CC3)n2)cc1. The number of rotatable bonds is 4. The van der Waals surface area contributed by atoms with Gasteiger partial charge in [0.05, 0.1) is 6.54 Å². The van der Waals surface area contributed by atoms with Crippen LogP contribution in [0.4, 0.5) is 13.2 Å². The van der Waals surface area contributed by atoms with Crippen LogP contribution in [0.2, 0.25) is 0 Å². The standard InChI is InChI=1S/C18H19F3N4O3/c1-11-2-4-12(5-3-11)15-23-14(28-24-15)10-22-16(26)13-6-8-25(9-7-13)17(27)18(19,20)21/h2-5,13H,6-10H2,1H3,(H,22,26). The highest BCUT2D eigenvalue weighted by Gasteiger charge is 2.43. The molecule has 0 saturated carbocycles. The molecule has 1 aromatic carbocycles. The van der Waals surface area contributed by atoms with Crippen molar-refractivity contribution >= 4 is 11.8 Å². The fourth-order valence-electron chi connectivity index (χ4n) is 2.98. The largest absolute Gasteiger partial charge is 0.471 e. The third-order valence-electron chi connectivity index (χ3n) is 4.59. The molecule has 1 N–H and O–H groups in total. The zero-order chi connectivity index (χ0) is 20.3. The zero-order valence-electron chi connectivity index (χ0n) is 15.1. The van der Waals surface area contributed by atoms with Gasteiger partial charge in [0.2, 0.25) is 17.6 Å². The molecule has 2 aromatic rings. The van der Waals surface area contributed by atoms with Gasteiger partial charge in [0, 0.05) is 24.6 Å². The van der Waals surface area contributed by atoms with Crippen molar-refractivity contribution in [2.24, 2.45) is 5.92 Å². The molecule has 28 heavy (non-hydrogen) atoms. The van der Waals surface area contributed by atoms with Crippen molar-refractivity contribution in [3.05, 3.63) is 35.7 Å². The van der Waals surface area contributed by atoms with Crippen LogP contribution in [0.1, 0.15) is 24.3 Å². The Bertz CT molecular complexity index is 841. The third-order valence-corrected chi connectivity index (χ3v) is 4.59. The molecule has 1 fully saturated rings. The van der Waals surface area contributed by atoms with Gasteiger partial charge in [-0.25, -0.2) is 0 Å². The lowest BCUT2D eigenvalue weighted by Gasteiger charge is -2.31. The monoisotopic (exact) mass is 396 g/mol. The summed E-state index contributed by atoms with van der Waals surface area (Å²) in [4.78, 5) is 28.4. The number of likely N-dealkylation sites (tertiary alicyclic amines) is 1. The average Bonchev–Trinajstić information content (AvgIpc) is 3.14. The molecule has 0 bridgehead atoms. The number of hydrogen-bond donors (Lipinski definition) is 1. The van der Waals surface area contributed by atoms with Gasteiger partial charge >= 0.3 is 12.1 Å². The number of aryl methyl sites for hydroxylation is 1. The number of nitrogens with zero attached hydrogens (tertiary/aromatic N) is 3. The summed E-state index contributed by atoms with van der Waals surface area (Å²) in [5, 5.41) is 6.53. The van der Waals surface area contributed by atoms with E-state index in [0.29, 0.717) is 5.82 Å². The highest BCUT2D eigenvalue weighted by molar-refractivity contribution is 5.83. The van der Waals surface area contributed by atoms with Crippen molar-refractivity contribution in [3.63, 3.8) is 0 Å². The summed E-state index contributed by atoms with van der Waals surface area (Å²) in [7, 11) is 0. The van der Waals surface area contributed by atoms with Gasteiger partial charge in [-0.2, -0.15) is 18.2 Å². The molecule has 0 atom stereocenters. The summed E-state index contributed by atoms with van der Waals surface area (Å²) in [6, 6.07) is 7.56. The summed E-state index contributed by atoms with van der Waals surface area (Å²) < 4.78 is 42.5. The van der Waals surface area contributed by atoms with Crippen LogP contribution in [-0.2, 0) is 16.1 Å². The molecule has 2 heterocycles. The quantitative estimate of drug-likeness (QED) is 0.858. The molecule has 1 aliphatic rings. The van der Waals surface area contributed by atoms with Crippen molar-refractivity contribution in [2.75, 3.05) is 13.1 Å². The molecule has 1 aliphatic heterocycles. The van der Waals surface area contributed by atoms with E-state index in [2.05, 4.69) is 15.5 Å². The summed E-state index contributed by atoms with van der Waals surface area (Å²) in [6.07, 6.45) is -4.54. The zero-order valence-corrected chi connectivity index (χ0v) is 15.1. The molecule has 3 rings (SSSR count). The maximum Gasteiger partial charge on any atom is 0.471 e. The van der Waals surface area contributed by atoms with Crippen LogP contribution in [0.3, 0.4) is 0 Å². The second-order valence-electron chi connectivity index (χ2n) is 6.66. The number of amides is 2. The Labute approximate surface area is 158 Å². The summed E-state index contributed by atoms with van der Waals surface area (Å²) in [5.74, 6) is -2.00. The number of aromatic nitrogens is 2. The predicted octanol–water partition coefficient (Wildman–Crippen LogP) is 2.46. The lowest BCUT2D eigenvalue weighted by molar-refractivity contribution is -0.186. The Balaban J connectivity index is 1.49. The molecule has 7 nitrogen and oxygen atoms in total. The molecule has 1 aromatic heterocycles. The van der Waals surface area contributed by atoms with Gasteiger partial charge in [-0.05, 0) is 19.8 Å². The number of halogens is 3. The Morgan fingerprint density at radius 2 is 1.86 bits per heavy atom. The van der Waals surface area contributed by atoms with Gasteiger partial charge in [0.25, 0.3) is 0 Å². The van der Waals surface area contributed by atoms with Gasteiger partial charge in [0.15, 0.2) is 0 Å². The van der Waals surface area contributed by atoms with E-state index in [1.165, 1.54) is 0 Å².